The van der Waals surface area contributed by atoms with Crippen molar-refractivity contribution in [2.75, 3.05) is 0 Å². The van der Waals surface area contributed by atoms with Crippen LogP contribution in [0.4, 0.5) is 0 Å². The Hall–Kier alpha value is -4.26. The Balaban J connectivity index is 2.17. The van der Waals surface area contributed by atoms with Gasteiger partial charge in [-0.3, -0.25) is 19.2 Å². The number of nitrogens with one attached hydrogen (secondary N) is 4. The number of amides is 3. The average Bonchev–Trinajstić information content (AvgIpc) is 3.34. The summed E-state index contributed by atoms with van der Waals surface area (Å²) in [5, 5.41) is 25.9. The third kappa shape index (κ3) is 9.37. The summed E-state index contributed by atoms with van der Waals surface area (Å²) in [5.41, 5.74) is 7.19. The summed E-state index contributed by atoms with van der Waals surface area (Å²) >= 11 is 0. The van der Waals surface area contributed by atoms with Gasteiger partial charge in [-0.15, -0.1) is 0 Å². The summed E-state index contributed by atoms with van der Waals surface area (Å²) in [5.74, 6) is -5.56. The third-order valence-electron chi connectivity index (χ3n) is 5.49. The highest BCUT2D eigenvalue weighted by Gasteiger charge is 2.32. The molecule has 13 nitrogen and oxygen atoms in total. The van der Waals surface area contributed by atoms with E-state index in [1.165, 1.54) is 12.5 Å². The van der Waals surface area contributed by atoms with Crippen molar-refractivity contribution >= 4 is 29.7 Å². The number of hydrogen-bond donors (Lipinski definition) is 7. The highest BCUT2D eigenvalue weighted by Crippen LogP contribution is 2.07. The zero-order valence-electron chi connectivity index (χ0n) is 20.5. The quantitative estimate of drug-likeness (QED) is 0.167. The van der Waals surface area contributed by atoms with E-state index < -0.39 is 66.2 Å². The lowest BCUT2D eigenvalue weighted by Gasteiger charge is -2.25. The van der Waals surface area contributed by atoms with E-state index in [0.717, 1.165) is 5.56 Å². The van der Waals surface area contributed by atoms with Gasteiger partial charge in [0.1, 0.15) is 18.1 Å². The number of nitrogens with zero attached hydrogens (tertiary/aromatic N) is 1. The minimum absolute atomic E-state index is 0.0940. The first-order chi connectivity index (χ1) is 17.5. The molecule has 0 bridgehead atoms. The number of hydrogen-bond acceptors (Lipinski definition) is 7. The van der Waals surface area contributed by atoms with E-state index in [0.29, 0.717) is 5.69 Å². The van der Waals surface area contributed by atoms with Crippen molar-refractivity contribution in [1.29, 1.82) is 0 Å². The van der Waals surface area contributed by atoms with Gasteiger partial charge >= 0.3 is 11.9 Å². The number of carboxylic acids is 2. The Morgan fingerprint density at radius 3 is 2.08 bits per heavy atom. The van der Waals surface area contributed by atoms with Crippen LogP contribution in [0.1, 0.15) is 31.5 Å². The molecule has 37 heavy (non-hydrogen) atoms. The molecule has 4 unspecified atom stereocenters. The van der Waals surface area contributed by atoms with E-state index in [4.69, 9.17) is 5.73 Å². The van der Waals surface area contributed by atoms with E-state index in [9.17, 15) is 34.2 Å². The van der Waals surface area contributed by atoms with E-state index in [1.54, 1.807) is 44.2 Å². The van der Waals surface area contributed by atoms with Gasteiger partial charge in [0.05, 0.1) is 18.8 Å². The molecule has 2 aromatic rings. The fourth-order valence-corrected chi connectivity index (χ4v) is 3.49. The fraction of sp³-hybridized carbons (Fsp3) is 0.417. The second kappa shape index (κ2) is 13.7. The molecule has 1 aromatic heterocycles. The molecule has 2 rings (SSSR count). The molecule has 0 spiro atoms. The SMILES string of the molecule is CC(C)C(NC(=O)C(Cc1cnc[nH]1)NC(=O)C(CC(=O)O)NC(=O)C(N)Cc1ccccc1)C(=O)O. The first-order valence-electron chi connectivity index (χ1n) is 11.6. The van der Waals surface area contributed by atoms with Crippen LogP contribution in [0.5, 0.6) is 0 Å². The Labute approximate surface area is 213 Å². The monoisotopic (exact) mass is 516 g/mol. The minimum atomic E-state index is -1.54. The standard InChI is InChI=1S/C24H32N6O7/c1-13(2)20(24(36)37)30-23(35)17(9-15-11-26-12-27-15)29-22(34)18(10-19(31)32)28-21(33)16(25)8-14-6-4-3-5-7-14/h3-7,11-13,16-18,20H,8-10,25H2,1-2H3,(H,26,27)(H,28,33)(H,29,34)(H,30,35)(H,31,32)(H,36,37). The third-order valence-corrected chi connectivity index (χ3v) is 5.49. The van der Waals surface area contributed by atoms with Gasteiger partial charge in [-0.1, -0.05) is 44.2 Å². The Morgan fingerprint density at radius 1 is 0.919 bits per heavy atom. The van der Waals surface area contributed by atoms with E-state index >= 15 is 0 Å². The number of H-pyrrole nitrogens is 1. The molecule has 0 fully saturated rings. The zero-order chi connectivity index (χ0) is 27.5. The van der Waals surface area contributed by atoms with Crippen LogP contribution < -0.4 is 21.7 Å². The lowest BCUT2D eigenvalue weighted by Crippen LogP contribution is -2.58. The van der Waals surface area contributed by atoms with Gasteiger partial charge < -0.3 is 36.9 Å². The molecule has 0 radical (unpaired) electrons. The number of aliphatic carboxylic acids is 2. The number of carboxylic acid groups (broad SMARTS) is 2. The maximum Gasteiger partial charge on any atom is 0.326 e. The van der Waals surface area contributed by atoms with Gasteiger partial charge in [0.15, 0.2) is 0 Å². The highest BCUT2D eigenvalue weighted by atomic mass is 16.4. The smallest absolute Gasteiger partial charge is 0.326 e. The number of benzene rings is 1. The molecular weight excluding hydrogens is 484 g/mol. The molecule has 0 saturated carbocycles. The van der Waals surface area contributed by atoms with Crippen LogP contribution in [-0.2, 0) is 36.8 Å². The van der Waals surface area contributed by atoms with Crippen LogP contribution in [0.25, 0.3) is 0 Å². The van der Waals surface area contributed by atoms with Crippen LogP contribution >= 0.6 is 0 Å². The summed E-state index contributed by atoms with van der Waals surface area (Å²) in [7, 11) is 0. The Kier molecular flexibility index (Phi) is 10.8. The number of carbonyl (C=O) groups excluding carboxylic acids is 3. The molecule has 4 atom stereocenters. The van der Waals surface area contributed by atoms with Crippen molar-refractivity contribution < 1.29 is 34.2 Å². The van der Waals surface area contributed by atoms with Gasteiger partial charge in [-0.25, -0.2) is 9.78 Å². The number of rotatable bonds is 14. The maximum absolute atomic E-state index is 13.0. The van der Waals surface area contributed by atoms with Crippen molar-refractivity contribution in [2.24, 2.45) is 11.7 Å². The van der Waals surface area contributed by atoms with Gasteiger partial charge in [0, 0.05) is 18.3 Å². The van der Waals surface area contributed by atoms with Crippen molar-refractivity contribution in [3.63, 3.8) is 0 Å². The number of imidazole rings is 1. The van der Waals surface area contributed by atoms with Gasteiger partial charge in [0.25, 0.3) is 0 Å². The Morgan fingerprint density at radius 2 is 1.54 bits per heavy atom. The summed E-state index contributed by atoms with van der Waals surface area (Å²) in [6.07, 6.45) is 2.08. The average molecular weight is 517 g/mol. The molecular formula is C24H32N6O7. The predicted octanol–water partition coefficient (Wildman–Crippen LogP) is -0.808. The molecule has 0 aliphatic carbocycles. The number of nitrogens with two attached hydrogens (primary N) is 1. The first kappa shape index (κ1) is 29.0. The number of carbonyl (C=O) groups is 5. The van der Waals surface area contributed by atoms with E-state index in [-0.39, 0.29) is 12.8 Å². The highest BCUT2D eigenvalue weighted by molar-refractivity contribution is 5.95. The Bertz CT molecular complexity index is 1070. The van der Waals surface area contributed by atoms with Gasteiger partial charge in [-0.2, -0.15) is 0 Å². The molecule has 0 aliphatic rings. The van der Waals surface area contributed by atoms with Crippen LogP contribution in [0.3, 0.4) is 0 Å². The van der Waals surface area contributed by atoms with E-state index in [1.807, 2.05) is 0 Å². The van der Waals surface area contributed by atoms with Crippen LogP contribution in [0, 0.1) is 5.92 Å². The lowest BCUT2D eigenvalue weighted by molar-refractivity contribution is -0.144. The minimum Gasteiger partial charge on any atom is -0.481 e. The molecule has 3 amide bonds. The second-order valence-electron chi connectivity index (χ2n) is 8.87. The molecule has 1 aromatic carbocycles. The summed E-state index contributed by atoms with van der Waals surface area (Å²) in [6.45, 7) is 3.22. The first-order valence-corrected chi connectivity index (χ1v) is 11.6. The van der Waals surface area contributed by atoms with Crippen LogP contribution in [-0.4, -0.2) is 74.0 Å². The topological polar surface area (TPSA) is 217 Å². The summed E-state index contributed by atoms with van der Waals surface area (Å²) in [4.78, 5) is 68.2. The van der Waals surface area contributed by atoms with Crippen molar-refractivity contribution in [2.45, 2.75) is 57.3 Å². The van der Waals surface area contributed by atoms with Gasteiger partial charge in [-0.05, 0) is 17.9 Å². The van der Waals surface area contributed by atoms with Crippen molar-refractivity contribution in [3.05, 3.63) is 54.1 Å². The predicted molar refractivity (Wildman–Crippen MR) is 131 cm³/mol. The fourth-order valence-electron chi connectivity index (χ4n) is 3.49. The zero-order valence-corrected chi connectivity index (χ0v) is 20.5. The molecule has 200 valence electrons. The maximum atomic E-state index is 13.0. The molecule has 0 aliphatic heterocycles. The molecule has 13 heteroatoms. The molecule has 8 N–H and O–H groups in total. The normalized spacial score (nSPS) is 14.2. The second-order valence-corrected chi connectivity index (χ2v) is 8.87. The lowest BCUT2D eigenvalue weighted by atomic mass is 10.0. The van der Waals surface area contributed by atoms with E-state index in [2.05, 4.69) is 25.9 Å². The van der Waals surface area contributed by atoms with Crippen LogP contribution in [0.2, 0.25) is 0 Å². The summed E-state index contributed by atoms with van der Waals surface area (Å²) < 4.78 is 0. The van der Waals surface area contributed by atoms with Crippen LogP contribution in [0.15, 0.2) is 42.9 Å². The largest absolute Gasteiger partial charge is 0.481 e. The van der Waals surface area contributed by atoms with Crippen molar-refractivity contribution in [1.82, 2.24) is 25.9 Å². The van der Waals surface area contributed by atoms with Gasteiger partial charge in [0.2, 0.25) is 17.7 Å². The van der Waals surface area contributed by atoms with Crippen molar-refractivity contribution in [3.8, 4) is 0 Å². The molecule has 0 saturated heterocycles. The summed E-state index contributed by atoms with van der Waals surface area (Å²) in [6, 6.07) is 3.79. The number of aromatic amines is 1. The number of aromatic nitrogens is 2. The molecule has 1 heterocycles.